The lowest BCUT2D eigenvalue weighted by Crippen LogP contribution is -2.18. The molecule has 0 spiro atoms. The van der Waals surface area contributed by atoms with Gasteiger partial charge in [0.05, 0.1) is 5.69 Å². The Kier molecular flexibility index (Phi) is 3.05. The van der Waals surface area contributed by atoms with Gasteiger partial charge in [0.2, 0.25) is 5.95 Å². The van der Waals surface area contributed by atoms with Crippen molar-refractivity contribution >= 4 is 5.95 Å². The molecule has 1 aromatic heterocycles. The highest BCUT2D eigenvalue weighted by Gasteiger charge is 2.19. The molecule has 4 nitrogen and oxygen atoms in total. The van der Waals surface area contributed by atoms with Crippen LogP contribution in [-0.4, -0.2) is 29.2 Å². The van der Waals surface area contributed by atoms with Crippen LogP contribution in [0.4, 0.5) is 5.95 Å². The largest absolute Gasteiger partial charge is 0.355 e. The topological polar surface area (TPSA) is 41.9 Å². The summed E-state index contributed by atoms with van der Waals surface area (Å²) in [5, 5.41) is 6.93. The molecule has 0 aromatic carbocycles. The Hall–Kier alpha value is -1.03. The number of rotatable bonds is 3. The summed E-state index contributed by atoms with van der Waals surface area (Å²) in [5.41, 5.74) is 2.77. The third-order valence-electron chi connectivity index (χ3n) is 4.08. The predicted octanol–water partition coefficient (Wildman–Crippen LogP) is 1.32. The van der Waals surface area contributed by atoms with Crippen LogP contribution in [0.1, 0.15) is 30.7 Å². The lowest BCUT2D eigenvalue weighted by atomic mass is 10.0. The SMILES string of the molecule is Cn1c(NCC2CCNC2)nc2c1CCCC2. The van der Waals surface area contributed by atoms with Gasteiger partial charge < -0.3 is 15.2 Å². The average molecular weight is 234 g/mol. The van der Waals surface area contributed by atoms with Gasteiger partial charge in [-0.05, 0) is 51.1 Å². The molecular formula is C13H22N4. The summed E-state index contributed by atoms with van der Waals surface area (Å²) in [6, 6.07) is 0. The van der Waals surface area contributed by atoms with Crippen LogP contribution in [0.3, 0.4) is 0 Å². The molecule has 2 heterocycles. The van der Waals surface area contributed by atoms with E-state index in [0.717, 1.165) is 31.4 Å². The molecular weight excluding hydrogens is 212 g/mol. The van der Waals surface area contributed by atoms with Crippen LogP contribution in [0.2, 0.25) is 0 Å². The Labute approximate surface area is 103 Å². The molecule has 94 valence electrons. The molecule has 1 aliphatic heterocycles. The Balaban J connectivity index is 1.68. The second kappa shape index (κ2) is 4.69. The maximum Gasteiger partial charge on any atom is 0.203 e. The van der Waals surface area contributed by atoms with Crippen molar-refractivity contribution in [3.05, 3.63) is 11.4 Å². The average Bonchev–Trinajstić information content (AvgIpc) is 2.96. The molecule has 0 amide bonds. The van der Waals surface area contributed by atoms with Gasteiger partial charge in [-0.3, -0.25) is 0 Å². The van der Waals surface area contributed by atoms with Crippen molar-refractivity contribution in [3.63, 3.8) is 0 Å². The third-order valence-corrected chi connectivity index (χ3v) is 4.08. The summed E-state index contributed by atoms with van der Waals surface area (Å²) < 4.78 is 2.26. The number of nitrogens with one attached hydrogen (secondary N) is 2. The minimum absolute atomic E-state index is 0.767. The van der Waals surface area contributed by atoms with E-state index in [1.165, 1.54) is 43.6 Å². The fourth-order valence-electron chi connectivity index (χ4n) is 2.97. The summed E-state index contributed by atoms with van der Waals surface area (Å²) in [4.78, 5) is 4.74. The number of aryl methyl sites for hydroxylation is 1. The van der Waals surface area contributed by atoms with Crippen LogP contribution in [0.15, 0.2) is 0 Å². The van der Waals surface area contributed by atoms with Gasteiger partial charge in [0, 0.05) is 19.3 Å². The molecule has 0 saturated carbocycles. The van der Waals surface area contributed by atoms with Crippen molar-refractivity contribution in [2.75, 3.05) is 25.0 Å². The minimum Gasteiger partial charge on any atom is -0.355 e. The molecule has 0 bridgehead atoms. The van der Waals surface area contributed by atoms with Crippen LogP contribution in [-0.2, 0) is 19.9 Å². The normalized spacial score (nSPS) is 23.7. The van der Waals surface area contributed by atoms with Crippen molar-refractivity contribution in [2.45, 2.75) is 32.1 Å². The first-order valence-corrected chi connectivity index (χ1v) is 6.83. The molecule has 1 atom stereocenters. The zero-order valence-corrected chi connectivity index (χ0v) is 10.6. The van der Waals surface area contributed by atoms with Gasteiger partial charge in [-0.25, -0.2) is 4.98 Å². The van der Waals surface area contributed by atoms with Crippen molar-refractivity contribution in [2.24, 2.45) is 13.0 Å². The Morgan fingerprint density at radius 2 is 2.29 bits per heavy atom. The summed E-state index contributed by atoms with van der Waals surface area (Å²) >= 11 is 0. The first kappa shape index (κ1) is 11.1. The predicted molar refractivity (Wildman–Crippen MR) is 69.3 cm³/mol. The van der Waals surface area contributed by atoms with Crippen LogP contribution < -0.4 is 10.6 Å². The first-order valence-electron chi connectivity index (χ1n) is 6.83. The quantitative estimate of drug-likeness (QED) is 0.829. The molecule has 0 radical (unpaired) electrons. The standard InChI is InChI=1S/C13H22N4/c1-17-12-5-3-2-4-11(12)16-13(17)15-9-10-6-7-14-8-10/h10,14H,2-9H2,1H3,(H,15,16). The fraction of sp³-hybridized carbons (Fsp3) is 0.769. The van der Waals surface area contributed by atoms with Gasteiger partial charge >= 0.3 is 0 Å². The Morgan fingerprint density at radius 3 is 3.06 bits per heavy atom. The summed E-state index contributed by atoms with van der Waals surface area (Å²) in [6.07, 6.45) is 6.27. The number of nitrogens with zero attached hydrogens (tertiary/aromatic N) is 2. The molecule has 4 heteroatoms. The Morgan fingerprint density at radius 1 is 1.41 bits per heavy atom. The molecule has 17 heavy (non-hydrogen) atoms. The van der Waals surface area contributed by atoms with Crippen molar-refractivity contribution in [1.82, 2.24) is 14.9 Å². The molecule has 1 aliphatic carbocycles. The van der Waals surface area contributed by atoms with E-state index in [-0.39, 0.29) is 0 Å². The number of hydrogen-bond donors (Lipinski definition) is 2. The van der Waals surface area contributed by atoms with E-state index in [0.29, 0.717) is 0 Å². The van der Waals surface area contributed by atoms with E-state index >= 15 is 0 Å². The van der Waals surface area contributed by atoms with Crippen molar-refractivity contribution in [1.29, 1.82) is 0 Å². The Bertz CT molecular complexity index is 390. The van der Waals surface area contributed by atoms with Crippen LogP contribution in [0, 0.1) is 5.92 Å². The molecule has 1 saturated heterocycles. The minimum atomic E-state index is 0.767. The lowest BCUT2D eigenvalue weighted by Gasteiger charge is -2.12. The summed E-state index contributed by atoms with van der Waals surface area (Å²) in [5.74, 6) is 1.84. The van der Waals surface area contributed by atoms with Crippen molar-refractivity contribution < 1.29 is 0 Å². The monoisotopic (exact) mass is 234 g/mol. The van der Waals surface area contributed by atoms with Gasteiger partial charge in [-0.2, -0.15) is 0 Å². The van der Waals surface area contributed by atoms with E-state index in [1.807, 2.05) is 0 Å². The number of anilines is 1. The molecule has 2 N–H and O–H groups in total. The van der Waals surface area contributed by atoms with Gasteiger partial charge in [0.1, 0.15) is 0 Å². The summed E-state index contributed by atoms with van der Waals surface area (Å²) in [7, 11) is 2.15. The molecule has 1 fully saturated rings. The highest BCUT2D eigenvalue weighted by Crippen LogP contribution is 2.23. The second-order valence-electron chi connectivity index (χ2n) is 5.33. The number of hydrogen-bond acceptors (Lipinski definition) is 3. The van der Waals surface area contributed by atoms with E-state index in [1.54, 1.807) is 0 Å². The fourth-order valence-corrected chi connectivity index (χ4v) is 2.97. The van der Waals surface area contributed by atoms with Crippen LogP contribution in [0.5, 0.6) is 0 Å². The zero-order chi connectivity index (χ0) is 11.7. The van der Waals surface area contributed by atoms with Crippen molar-refractivity contribution in [3.8, 4) is 0 Å². The van der Waals surface area contributed by atoms with E-state index in [2.05, 4.69) is 22.2 Å². The molecule has 1 unspecified atom stereocenters. The zero-order valence-electron chi connectivity index (χ0n) is 10.6. The van der Waals surface area contributed by atoms with Gasteiger partial charge in [-0.15, -0.1) is 0 Å². The smallest absolute Gasteiger partial charge is 0.203 e. The number of imidazole rings is 1. The number of fused-ring (bicyclic) bond motifs is 1. The highest BCUT2D eigenvalue weighted by molar-refractivity contribution is 5.35. The molecule has 1 aromatic rings. The van der Waals surface area contributed by atoms with Crippen LogP contribution in [0.25, 0.3) is 0 Å². The van der Waals surface area contributed by atoms with E-state index in [9.17, 15) is 0 Å². The van der Waals surface area contributed by atoms with E-state index in [4.69, 9.17) is 4.98 Å². The maximum atomic E-state index is 4.74. The highest BCUT2D eigenvalue weighted by atomic mass is 15.2. The van der Waals surface area contributed by atoms with Gasteiger partial charge in [0.15, 0.2) is 0 Å². The third kappa shape index (κ3) is 2.18. The lowest BCUT2D eigenvalue weighted by molar-refractivity contribution is 0.609. The first-order chi connectivity index (χ1) is 8.34. The summed E-state index contributed by atoms with van der Waals surface area (Å²) in [6.45, 7) is 3.37. The van der Waals surface area contributed by atoms with E-state index < -0.39 is 0 Å². The van der Waals surface area contributed by atoms with Gasteiger partial charge in [0.25, 0.3) is 0 Å². The molecule has 2 aliphatic rings. The second-order valence-corrected chi connectivity index (χ2v) is 5.33. The van der Waals surface area contributed by atoms with Gasteiger partial charge in [-0.1, -0.05) is 0 Å². The molecule has 3 rings (SSSR count). The number of aromatic nitrogens is 2. The maximum absolute atomic E-state index is 4.74. The van der Waals surface area contributed by atoms with Crippen LogP contribution >= 0.6 is 0 Å².